The van der Waals surface area contributed by atoms with Gasteiger partial charge in [0.2, 0.25) is 5.56 Å². The minimum Gasteiger partial charge on any atom is -0.332 e. The average Bonchev–Trinajstić information content (AvgIpc) is 3.20. The molecule has 0 saturated carbocycles. The molecule has 0 aliphatic rings. The van der Waals surface area contributed by atoms with Gasteiger partial charge >= 0.3 is 12.1 Å². The van der Waals surface area contributed by atoms with Gasteiger partial charge in [0.1, 0.15) is 5.01 Å². The number of aromatic amines is 1. The van der Waals surface area contributed by atoms with Crippen molar-refractivity contribution < 1.29 is 22.0 Å². The van der Waals surface area contributed by atoms with E-state index in [1.54, 1.807) is 12.3 Å². The Kier molecular flexibility index (Phi) is 4.47. The lowest BCUT2D eigenvalue weighted by Crippen LogP contribution is -2.40. The first kappa shape index (κ1) is 19.8. The quantitative estimate of drug-likeness (QED) is 0.406. The first-order valence-electron chi connectivity index (χ1n) is 8.20. The molecule has 0 unspecified atom stereocenters. The van der Waals surface area contributed by atoms with Gasteiger partial charge in [-0.1, -0.05) is 11.6 Å². The number of nitrogens with zero attached hydrogens (tertiary/aromatic N) is 2. The van der Waals surface area contributed by atoms with Gasteiger partial charge in [0, 0.05) is 33.9 Å². The summed E-state index contributed by atoms with van der Waals surface area (Å²) in [6.07, 6.45) is -4.27. The van der Waals surface area contributed by atoms with Gasteiger partial charge in [-0.3, -0.25) is 4.79 Å². The second kappa shape index (κ2) is 6.53. The fraction of sp³-hybridized carbons (Fsp3) is 0.222. The number of hydrogen-bond acceptors (Lipinski definition) is 3. The van der Waals surface area contributed by atoms with Gasteiger partial charge in [-0.15, -0.1) is 11.3 Å². The van der Waals surface area contributed by atoms with E-state index in [4.69, 9.17) is 11.6 Å². The summed E-state index contributed by atoms with van der Waals surface area (Å²) in [6.45, 7) is -0.00952. The molecule has 0 bridgehead atoms. The van der Waals surface area contributed by atoms with Crippen molar-refractivity contribution >= 4 is 44.7 Å². The molecule has 4 rings (SSSR count). The second-order valence-corrected chi connectivity index (χ2v) is 7.76. The predicted molar refractivity (Wildman–Crippen MR) is 102 cm³/mol. The Morgan fingerprint density at radius 2 is 1.93 bits per heavy atom. The molecular formula is C18H11ClF5N3OS. The van der Waals surface area contributed by atoms with E-state index in [0.717, 1.165) is 22.0 Å². The second-order valence-electron chi connectivity index (χ2n) is 6.46. The van der Waals surface area contributed by atoms with Crippen LogP contribution in [0, 0.1) is 6.92 Å². The number of aromatic nitrogens is 3. The Balaban J connectivity index is 2.12. The maximum Gasteiger partial charge on any atom is 0.455 e. The van der Waals surface area contributed by atoms with E-state index in [0.29, 0.717) is 26.9 Å². The molecule has 0 aliphatic carbocycles. The van der Waals surface area contributed by atoms with Crippen LogP contribution in [-0.4, -0.2) is 26.6 Å². The van der Waals surface area contributed by atoms with Crippen LogP contribution in [0.3, 0.4) is 0 Å². The van der Waals surface area contributed by atoms with Crippen molar-refractivity contribution in [2.75, 3.05) is 0 Å². The number of pyridine rings is 1. The summed E-state index contributed by atoms with van der Waals surface area (Å²) in [4.78, 5) is 18.4. The molecule has 3 aromatic heterocycles. The highest BCUT2D eigenvalue weighted by Gasteiger charge is 2.58. The highest BCUT2D eigenvalue weighted by Crippen LogP contribution is 2.43. The molecule has 0 aliphatic heterocycles. The average molecular weight is 448 g/mol. The van der Waals surface area contributed by atoms with E-state index >= 15 is 0 Å². The van der Waals surface area contributed by atoms with Crippen LogP contribution in [0.1, 0.15) is 5.56 Å². The SMILES string of the molecule is Cc1c(-c2nccs2)n(CC(F)(F)C(F)(F)F)c2ccc3[nH]c(=O)cc(Cl)c3c12. The van der Waals surface area contributed by atoms with E-state index in [9.17, 15) is 26.7 Å². The van der Waals surface area contributed by atoms with Crippen molar-refractivity contribution in [1.29, 1.82) is 0 Å². The number of rotatable bonds is 3. The lowest BCUT2D eigenvalue weighted by Gasteiger charge is -2.22. The molecule has 0 spiro atoms. The number of halogens is 6. The topological polar surface area (TPSA) is 50.7 Å². The lowest BCUT2D eigenvalue weighted by atomic mass is 10.1. The first-order chi connectivity index (χ1) is 13.5. The Bertz CT molecular complexity index is 1290. The zero-order valence-electron chi connectivity index (χ0n) is 14.6. The third kappa shape index (κ3) is 3.10. The van der Waals surface area contributed by atoms with E-state index in [1.165, 1.54) is 18.3 Å². The van der Waals surface area contributed by atoms with Crippen LogP contribution in [0.5, 0.6) is 0 Å². The molecule has 11 heteroatoms. The molecular weight excluding hydrogens is 437 g/mol. The van der Waals surface area contributed by atoms with Crippen LogP contribution in [0.15, 0.2) is 34.6 Å². The minimum absolute atomic E-state index is 0.0721. The van der Waals surface area contributed by atoms with Gasteiger partial charge in [0.25, 0.3) is 0 Å². The smallest absolute Gasteiger partial charge is 0.332 e. The van der Waals surface area contributed by atoms with Crippen LogP contribution < -0.4 is 5.56 Å². The van der Waals surface area contributed by atoms with Crippen LogP contribution in [-0.2, 0) is 6.54 Å². The summed E-state index contributed by atoms with van der Waals surface area (Å²) in [5.41, 5.74) is 0.616. The molecule has 0 amide bonds. The van der Waals surface area contributed by atoms with Crippen molar-refractivity contribution in [3.63, 3.8) is 0 Å². The fourth-order valence-corrected chi connectivity index (χ4v) is 4.46. The largest absolute Gasteiger partial charge is 0.455 e. The summed E-state index contributed by atoms with van der Waals surface area (Å²) in [6, 6.07) is 3.95. The molecule has 152 valence electrons. The Morgan fingerprint density at radius 3 is 2.55 bits per heavy atom. The number of nitrogens with one attached hydrogen (secondary N) is 1. The van der Waals surface area contributed by atoms with Crippen molar-refractivity contribution in [3.8, 4) is 10.7 Å². The van der Waals surface area contributed by atoms with Crippen LogP contribution in [0.4, 0.5) is 22.0 Å². The zero-order valence-corrected chi connectivity index (χ0v) is 16.1. The van der Waals surface area contributed by atoms with E-state index < -0.39 is 24.2 Å². The van der Waals surface area contributed by atoms with Crippen LogP contribution in [0.2, 0.25) is 5.02 Å². The Morgan fingerprint density at radius 1 is 1.21 bits per heavy atom. The maximum absolute atomic E-state index is 14.0. The number of thiazole rings is 1. The predicted octanol–water partition coefficient (Wildman–Crippen LogP) is 5.77. The van der Waals surface area contributed by atoms with E-state index in [2.05, 4.69) is 9.97 Å². The number of H-pyrrole nitrogens is 1. The Hall–Kier alpha value is -2.46. The summed E-state index contributed by atoms with van der Waals surface area (Å²) < 4.78 is 67.7. The molecule has 4 aromatic rings. The zero-order chi connectivity index (χ0) is 21.1. The lowest BCUT2D eigenvalue weighted by molar-refractivity contribution is -0.286. The number of benzene rings is 1. The minimum atomic E-state index is -5.71. The molecule has 1 aromatic carbocycles. The third-order valence-electron chi connectivity index (χ3n) is 4.64. The molecule has 0 fully saturated rings. The molecule has 1 N–H and O–H groups in total. The van der Waals surface area contributed by atoms with Crippen molar-refractivity contribution in [2.45, 2.75) is 25.6 Å². The van der Waals surface area contributed by atoms with Crippen LogP contribution >= 0.6 is 22.9 Å². The third-order valence-corrected chi connectivity index (χ3v) is 5.71. The molecule has 3 heterocycles. The van der Waals surface area contributed by atoms with Crippen molar-refractivity contribution in [3.05, 3.63) is 50.7 Å². The monoisotopic (exact) mass is 447 g/mol. The van der Waals surface area contributed by atoms with E-state index in [-0.39, 0.29) is 16.2 Å². The van der Waals surface area contributed by atoms with Gasteiger partial charge in [0.05, 0.1) is 22.8 Å². The standard InChI is InChI=1S/C18H11ClF5N3OS/c1-8-13-11(3-2-10-14(13)9(19)6-12(28)26-10)27(7-17(20,21)18(22,23)24)15(8)16-25-4-5-29-16/h2-6H,7H2,1H3,(H,26,28). The molecule has 4 nitrogen and oxygen atoms in total. The molecule has 0 saturated heterocycles. The van der Waals surface area contributed by atoms with Gasteiger partial charge in [-0.05, 0) is 24.6 Å². The normalized spacial score (nSPS) is 12.9. The summed E-state index contributed by atoms with van der Waals surface area (Å²) in [5, 5.41) is 2.72. The molecule has 0 atom stereocenters. The summed E-state index contributed by atoms with van der Waals surface area (Å²) >= 11 is 7.35. The fourth-order valence-electron chi connectivity index (χ4n) is 3.41. The highest BCUT2D eigenvalue weighted by molar-refractivity contribution is 7.13. The number of aryl methyl sites for hydroxylation is 1. The summed E-state index contributed by atoms with van der Waals surface area (Å²) in [7, 11) is 0. The van der Waals surface area contributed by atoms with E-state index in [1.807, 2.05) is 0 Å². The Labute approximate surface area is 168 Å². The van der Waals surface area contributed by atoms with Crippen molar-refractivity contribution in [2.24, 2.45) is 0 Å². The number of fused-ring (bicyclic) bond motifs is 3. The van der Waals surface area contributed by atoms with Gasteiger partial charge in [-0.25, -0.2) is 4.98 Å². The first-order valence-corrected chi connectivity index (χ1v) is 9.46. The number of alkyl halides is 5. The van der Waals surface area contributed by atoms with Crippen molar-refractivity contribution in [1.82, 2.24) is 14.5 Å². The number of hydrogen-bond donors (Lipinski definition) is 1. The molecule has 29 heavy (non-hydrogen) atoms. The van der Waals surface area contributed by atoms with Gasteiger partial charge in [0.15, 0.2) is 0 Å². The van der Waals surface area contributed by atoms with Crippen LogP contribution in [0.25, 0.3) is 32.5 Å². The summed E-state index contributed by atoms with van der Waals surface area (Å²) in [5.74, 6) is -4.96. The molecule has 0 radical (unpaired) electrons. The van der Waals surface area contributed by atoms with Gasteiger partial charge in [-0.2, -0.15) is 22.0 Å². The maximum atomic E-state index is 14.0. The van der Waals surface area contributed by atoms with Gasteiger partial charge < -0.3 is 9.55 Å². The highest BCUT2D eigenvalue weighted by atomic mass is 35.5.